The molecule has 13 nitrogen and oxygen atoms in total. The van der Waals surface area contributed by atoms with Crippen LogP contribution in [-0.2, 0) is 32.7 Å². The maximum atomic E-state index is 12.9. The number of carbonyl (C=O) groups excluding carboxylic acids is 2. The molecule has 6 N–H and O–H groups in total. The molecule has 1 aliphatic carbocycles. The molecule has 0 heterocycles. The molecule has 6 unspecified atom stereocenters. The molecule has 1 fully saturated rings. The SMILES string of the molecule is CC/C=C\C/C=C\C/C=C\C/C=C\CCCCCCCCC(=O)OC(COC(=O)CCCCCCCC/C=C\C/C=C\C/C=C\CCCCC)COP(=O)(O)OC1C(O)C(O)C(O)C(O)C1O. The summed E-state index contributed by atoms with van der Waals surface area (Å²) >= 11 is 0. The number of rotatable bonds is 41. The highest BCUT2D eigenvalue weighted by molar-refractivity contribution is 7.47. The lowest BCUT2D eigenvalue weighted by Gasteiger charge is -2.41. The zero-order valence-electron chi connectivity index (χ0n) is 40.9. The lowest BCUT2D eigenvalue weighted by Crippen LogP contribution is -2.64. The Morgan fingerprint density at radius 3 is 1.30 bits per heavy atom. The van der Waals surface area contributed by atoms with Gasteiger partial charge in [-0.1, -0.05) is 163 Å². The molecule has 1 saturated carbocycles. The Morgan fingerprint density at radius 1 is 0.478 bits per heavy atom. The van der Waals surface area contributed by atoms with Gasteiger partial charge < -0.3 is 39.9 Å². The van der Waals surface area contributed by atoms with E-state index in [1.54, 1.807) is 0 Å². The van der Waals surface area contributed by atoms with Gasteiger partial charge in [0, 0.05) is 12.8 Å². The van der Waals surface area contributed by atoms with E-state index in [0.717, 1.165) is 116 Å². The van der Waals surface area contributed by atoms with Crippen LogP contribution < -0.4 is 0 Å². The van der Waals surface area contributed by atoms with Crippen molar-refractivity contribution in [1.82, 2.24) is 0 Å². The minimum Gasteiger partial charge on any atom is -0.462 e. The second kappa shape index (κ2) is 42.0. The van der Waals surface area contributed by atoms with Crippen LogP contribution >= 0.6 is 7.82 Å². The van der Waals surface area contributed by atoms with E-state index >= 15 is 0 Å². The van der Waals surface area contributed by atoms with Crippen molar-refractivity contribution in [2.45, 2.75) is 224 Å². The fourth-order valence-electron chi connectivity index (χ4n) is 7.17. The molecule has 6 atom stereocenters. The number of unbranched alkanes of at least 4 members (excludes halogenated alkanes) is 15. The molecule has 0 spiro atoms. The zero-order chi connectivity index (χ0) is 49.2. The Balaban J connectivity index is 2.44. The Morgan fingerprint density at radius 2 is 0.851 bits per heavy atom. The molecule has 67 heavy (non-hydrogen) atoms. The van der Waals surface area contributed by atoms with E-state index in [2.05, 4.69) is 98.9 Å². The standard InChI is InChI=1S/C53H89O13P/c1-3-5-7-9-11-13-15-17-19-21-23-25-27-29-31-33-35-37-39-41-46(54)63-43-45(44-64-67(61,62)66-53-51(59)49(57)48(56)50(58)52(53)60)65-47(55)42-40-38-36-34-32-30-28-26-24-22-20-18-16-14-12-10-8-6-4-2/h6,8,11-14,17-20,23-26,45,48-53,56-60H,3-5,7,9-10,15-16,21-22,27-44H2,1-2H3,(H,61,62)/b8-6-,13-11-,14-12-,19-17-,20-18-,25-23-,26-24-. The largest absolute Gasteiger partial charge is 0.472 e. The van der Waals surface area contributed by atoms with Gasteiger partial charge in [0.15, 0.2) is 6.10 Å². The van der Waals surface area contributed by atoms with Crippen molar-refractivity contribution in [3.63, 3.8) is 0 Å². The van der Waals surface area contributed by atoms with Gasteiger partial charge >= 0.3 is 19.8 Å². The van der Waals surface area contributed by atoms with Gasteiger partial charge in [0.1, 0.15) is 43.2 Å². The number of aliphatic hydroxyl groups excluding tert-OH is 5. The van der Waals surface area contributed by atoms with Crippen LogP contribution in [0.1, 0.15) is 181 Å². The van der Waals surface area contributed by atoms with E-state index in [9.17, 15) is 44.6 Å². The first-order valence-corrected chi connectivity index (χ1v) is 26.9. The average molecular weight is 965 g/mol. The molecule has 0 aromatic rings. The molecule has 0 saturated heterocycles. The molecule has 0 amide bonds. The topological polar surface area (TPSA) is 210 Å². The number of esters is 2. The summed E-state index contributed by atoms with van der Waals surface area (Å²) in [5.74, 6) is -1.14. The van der Waals surface area contributed by atoms with Crippen LogP contribution in [0.3, 0.4) is 0 Å². The number of hydrogen-bond acceptors (Lipinski definition) is 12. The Hall–Kier alpha value is -2.97. The first-order chi connectivity index (χ1) is 32.4. The van der Waals surface area contributed by atoms with Gasteiger partial charge in [0.25, 0.3) is 0 Å². The van der Waals surface area contributed by atoms with Crippen LogP contribution in [0.15, 0.2) is 85.1 Å². The monoisotopic (exact) mass is 965 g/mol. The van der Waals surface area contributed by atoms with Gasteiger partial charge in [-0.05, 0) is 89.9 Å². The van der Waals surface area contributed by atoms with Crippen molar-refractivity contribution in [2.24, 2.45) is 0 Å². The van der Waals surface area contributed by atoms with Crippen molar-refractivity contribution >= 4 is 19.8 Å². The summed E-state index contributed by atoms with van der Waals surface area (Å²) in [6.45, 7) is 3.14. The van der Waals surface area contributed by atoms with Crippen LogP contribution in [-0.4, -0.2) is 98.3 Å². The van der Waals surface area contributed by atoms with Gasteiger partial charge in [-0.2, -0.15) is 0 Å². The third-order valence-electron chi connectivity index (χ3n) is 11.2. The lowest BCUT2D eigenvalue weighted by molar-refractivity contribution is -0.220. The average Bonchev–Trinajstić information content (AvgIpc) is 3.31. The highest BCUT2D eigenvalue weighted by atomic mass is 31.2. The number of aliphatic hydroxyl groups is 5. The molecule has 1 aliphatic rings. The maximum Gasteiger partial charge on any atom is 0.472 e. The summed E-state index contributed by atoms with van der Waals surface area (Å²) in [5.41, 5.74) is 0. The lowest BCUT2D eigenvalue weighted by atomic mass is 9.85. The molecule has 0 bridgehead atoms. The van der Waals surface area contributed by atoms with Crippen LogP contribution in [0.5, 0.6) is 0 Å². The van der Waals surface area contributed by atoms with Gasteiger partial charge in [0.05, 0.1) is 6.61 Å². The smallest absolute Gasteiger partial charge is 0.462 e. The number of ether oxygens (including phenoxy) is 2. The van der Waals surface area contributed by atoms with E-state index in [0.29, 0.717) is 12.8 Å². The van der Waals surface area contributed by atoms with Crippen LogP contribution in [0.2, 0.25) is 0 Å². The number of allylic oxidation sites excluding steroid dienone is 14. The minimum atomic E-state index is -5.14. The van der Waals surface area contributed by atoms with Crippen molar-refractivity contribution < 1.29 is 63.1 Å². The predicted octanol–water partition coefficient (Wildman–Crippen LogP) is 10.8. The van der Waals surface area contributed by atoms with Crippen LogP contribution in [0.4, 0.5) is 0 Å². The van der Waals surface area contributed by atoms with E-state index in [-0.39, 0.29) is 12.8 Å². The summed E-state index contributed by atoms with van der Waals surface area (Å²) in [6.07, 6.45) is 41.9. The third kappa shape index (κ3) is 34.1. The van der Waals surface area contributed by atoms with Crippen molar-refractivity contribution in [2.75, 3.05) is 13.2 Å². The number of phosphoric acid groups is 1. The molecule has 0 radical (unpaired) electrons. The molecule has 0 aromatic heterocycles. The quantitative estimate of drug-likeness (QED) is 0.0146. The molecule has 384 valence electrons. The zero-order valence-corrected chi connectivity index (χ0v) is 41.8. The summed E-state index contributed by atoms with van der Waals surface area (Å²) in [7, 11) is -5.14. The van der Waals surface area contributed by atoms with Gasteiger partial charge in [0.2, 0.25) is 0 Å². The second-order valence-electron chi connectivity index (χ2n) is 17.3. The van der Waals surface area contributed by atoms with E-state index in [1.807, 2.05) is 0 Å². The third-order valence-corrected chi connectivity index (χ3v) is 12.2. The fourth-order valence-corrected chi connectivity index (χ4v) is 8.14. The maximum absolute atomic E-state index is 12.9. The summed E-state index contributed by atoms with van der Waals surface area (Å²) < 4.78 is 33.6. The van der Waals surface area contributed by atoms with E-state index < -0.39 is 75.7 Å². The van der Waals surface area contributed by atoms with Gasteiger partial charge in [-0.25, -0.2) is 4.57 Å². The Bertz CT molecular complexity index is 1490. The fraction of sp³-hybridized carbons (Fsp3) is 0.698. The molecule has 14 heteroatoms. The highest BCUT2D eigenvalue weighted by Crippen LogP contribution is 2.47. The molecule has 0 aliphatic heterocycles. The molecular formula is C53H89O13P. The van der Waals surface area contributed by atoms with E-state index in [1.165, 1.54) is 25.7 Å². The van der Waals surface area contributed by atoms with Crippen molar-refractivity contribution in [3.8, 4) is 0 Å². The first kappa shape index (κ1) is 62.0. The van der Waals surface area contributed by atoms with E-state index in [4.69, 9.17) is 18.5 Å². The summed E-state index contributed by atoms with van der Waals surface area (Å²) in [4.78, 5) is 35.8. The number of phosphoric ester groups is 1. The normalized spacial score (nSPS) is 21.9. The van der Waals surface area contributed by atoms with Crippen molar-refractivity contribution in [3.05, 3.63) is 85.1 Å². The van der Waals surface area contributed by atoms with Gasteiger partial charge in [-0.3, -0.25) is 18.6 Å². The molecular weight excluding hydrogens is 876 g/mol. The van der Waals surface area contributed by atoms with Crippen molar-refractivity contribution in [1.29, 1.82) is 0 Å². The molecule has 1 rings (SSSR count). The summed E-state index contributed by atoms with van der Waals surface area (Å²) in [6, 6.07) is 0. The van der Waals surface area contributed by atoms with Crippen LogP contribution in [0.25, 0.3) is 0 Å². The van der Waals surface area contributed by atoms with Crippen LogP contribution in [0, 0.1) is 0 Å². The number of carbonyl (C=O) groups is 2. The predicted molar refractivity (Wildman–Crippen MR) is 267 cm³/mol. The first-order valence-electron chi connectivity index (χ1n) is 25.4. The Kier molecular flexibility index (Phi) is 38.9. The number of hydrogen-bond donors (Lipinski definition) is 6. The molecule has 0 aromatic carbocycles. The second-order valence-corrected chi connectivity index (χ2v) is 18.7. The van der Waals surface area contributed by atoms with Gasteiger partial charge in [-0.15, -0.1) is 0 Å². The Labute approximate surface area is 403 Å². The summed E-state index contributed by atoms with van der Waals surface area (Å²) in [5, 5.41) is 50.3. The minimum absolute atomic E-state index is 0.0727. The highest BCUT2D eigenvalue weighted by Gasteiger charge is 2.51.